The van der Waals surface area contributed by atoms with E-state index in [-0.39, 0.29) is 35.5 Å². The summed E-state index contributed by atoms with van der Waals surface area (Å²) in [7, 11) is 3.14. The Labute approximate surface area is 228 Å². The number of ketones is 1. The maximum atomic E-state index is 10.9. The monoisotopic (exact) mass is 547 g/mol. The fourth-order valence-corrected chi connectivity index (χ4v) is 1.81. The minimum atomic E-state index is -0.0860. The van der Waals surface area contributed by atoms with Gasteiger partial charge in [-0.1, -0.05) is 13.8 Å². The average Bonchev–Trinajstić information content (AvgIpc) is 3.71. The molecule has 13 nitrogen and oxygen atoms in total. The van der Waals surface area contributed by atoms with Gasteiger partial charge < -0.3 is 37.0 Å². The van der Waals surface area contributed by atoms with Crippen LogP contribution in [0.4, 0.5) is 0 Å². The summed E-state index contributed by atoms with van der Waals surface area (Å²) in [6, 6.07) is 0.677. The fraction of sp³-hybridized carbons (Fsp3) is 0.760. The molecule has 0 spiro atoms. The molecule has 38 heavy (non-hydrogen) atoms. The van der Waals surface area contributed by atoms with Crippen molar-refractivity contribution in [2.75, 3.05) is 27.2 Å². The first-order chi connectivity index (χ1) is 18.0. The minimum Gasteiger partial charge on any atom is -0.359 e. The van der Waals surface area contributed by atoms with Crippen molar-refractivity contribution in [2.24, 2.45) is 11.5 Å². The number of rotatable bonds is 13. The average molecular weight is 548 g/mol. The molecule has 1 rings (SSSR count). The highest BCUT2D eigenvalue weighted by molar-refractivity contribution is 5.83. The van der Waals surface area contributed by atoms with Crippen LogP contribution in [0.3, 0.4) is 0 Å². The van der Waals surface area contributed by atoms with Crippen LogP contribution in [-0.4, -0.2) is 75.0 Å². The van der Waals surface area contributed by atoms with E-state index in [1.165, 1.54) is 6.92 Å². The van der Waals surface area contributed by atoms with Gasteiger partial charge in [-0.05, 0) is 33.6 Å². The number of carbonyl (C=O) groups excluding carboxylic acids is 6. The molecular weight excluding hydrogens is 494 g/mol. The van der Waals surface area contributed by atoms with E-state index in [2.05, 4.69) is 26.8 Å². The van der Waals surface area contributed by atoms with Crippen LogP contribution in [0.5, 0.6) is 0 Å². The van der Waals surface area contributed by atoms with Crippen molar-refractivity contribution in [3.05, 3.63) is 0 Å². The van der Waals surface area contributed by atoms with E-state index in [1.807, 2.05) is 27.7 Å². The summed E-state index contributed by atoms with van der Waals surface area (Å²) < 4.78 is 0. The molecule has 4 amide bonds. The first-order valence-electron chi connectivity index (χ1n) is 13.0. The number of carbonyl (C=O) groups is 6. The molecule has 1 aliphatic carbocycles. The highest BCUT2D eigenvalue weighted by Gasteiger charge is 2.22. The van der Waals surface area contributed by atoms with Gasteiger partial charge in [0.2, 0.25) is 23.6 Å². The molecule has 0 aromatic carbocycles. The molecule has 9 N–H and O–H groups in total. The van der Waals surface area contributed by atoms with Gasteiger partial charge >= 0.3 is 0 Å². The third-order valence-electron chi connectivity index (χ3n) is 3.94. The smallest absolute Gasteiger partial charge is 0.235 e. The van der Waals surface area contributed by atoms with Gasteiger partial charge in [0, 0.05) is 77.8 Å². The van der Waals surface area contributed by atoms with Crippen molar-refractivity contribution in [1.29, 1.82) is 0 Å². The zero-order valence-electron chi connectivity index (χ0n) is 24.4. The summed E-state index contributed by atoms with van der Waals surface area (Å²) in [5.74, 6) is -0.0468. The second-order valence-corrected chi connectivity index (χ2v) is 8.02. The van der Waals surface area contributed by atoms with Gasteiger partial charge in [-0.3, -0.25) is 24.6 Å². The predicted molar refractivity (Wildman–Crippen MR) is 150 cm³/mol. The van der Waals surface area contributed by atoms with E-state index in [1.54, 1.807) is 14.1 Å². The molecule has 1 aliphatic rings. The molecule has 1 fully saturated rings. The number of hydrogen-bond donors (Lipinski definition) is 7. The second kappa shape index (κ2) is 32.1. The maximum absolute atomic E-state index is 10.9. The minimum absolute atomic E-state index is 0.00231. The number of amides is 4. The molecule has 0 aromatic heterocycles. The lowest BCUT2D eigenvalue weighted by Gasteiger charge is -2.08. The molecule has 0 atom stereocenters. The quantitative estimate of drug-likeness (QED) is 0.120. The zero-order valence-corrected chi connectivity index (χ0v) is 24.4. The Kier molecular flexibility index (Phi) is 35.7. The Morgan fingerprint density at radius 2 is 1.26 bits per heavy atom. The number of hydrazine groups is 1. The molecule has 0 radical (unpaired) electrons. The summed E-state index contributed by atoms with van der Waals surface area (Å²) in [6.07, 6.45) is 5.09. The van der Waals surface area contributed by atoms with E-state index >= 15 is 0 Å². The second-order valence-electron chi connectivity index (χ2n) is 8.02. The lowest BCUT2D eigenvalue weighted by Crippen LogP contribution is -2.42. The summed E-state index contributed by atoms with van der Waals surface area (Å²) in [4.78, 5) is 62.3. The first kappa shape index (κ1) is 42.2. The van der Waals surface area contributed by atoms with Gasteiger partial charge in [0.1, 0.15) is 12.1 Å². The van der Waals surface area contributed by atoms with Gasteiger partial charge in [0.05, 0.1) is 0 Å². The molecule has 0 bridgehead atoms. The largest absolute Gasteiger partial charge is 0.359 e. The third-order valence-corrected chi connectivity index (χ3v) is 3.94. The van der Waals surface area contributed by atoms with E-state index in [4.69, 9.17) is 11.5 Å². The van der Waals surface area contributed by atoms with Crippen molar-refractivity contribution in [1.82, 2.24) is 26.8 Å². The Balaban J connectivity index is -0.000000201. The number of aldehydes is 1. The van der Waals surface area contributed by atoms with Gasteiger partial charge in [0.25, 0.3) is 0 Å². The number of Topliss-reactive ketones (excluding diaryl/α,β-unsaturated/α-hetero) is 1. The molecule has 0 aliphatic heterocycles. The van der Waals surface area contributed by atoms with Gasteiger partial charge in [-0.15, -0.1) is 0 Å². The van der Waals surface area contributed by atoms with E-state index in [9.17, 15) is 28.8 Å². The third kappa shape index (κ3) is 43.2. The van der Waals surface area contributed by atoms with Crippen molar-refractivity contribution >= 4 is 35.7 Å². The van der Waals surface area contributed by atoms with Crippen molar-refractivity contribution in [3.8, 4) is 0 Å². The number of hydrogen-bond acceptors (Lipinski definition) is 9. The van der Waals surface area contributed by atoms with Gasteiger partial charge in [-0.25, -0.2) is 5.43 Å². The number of nitrogens with one attached hydrogen (secondary N) is 5. The normalized spacial score (nSPS) is 10.7. The van der Waals surface area contributed by atoms with Crippen molar-refractivity contribution in [3.63, 3.8) is 0 Å². The molecular formula is C25H53N7O6. The SMILES string of the molecule is CC.CC(=O)CCC(=O)NC1CC1.CC(C)NNC(=O)CCN.CNC(=O)CCC=O.CNC(=O)CCN. The van der Waals surface area contributed by atoms with Crippen LogP contribution in [0.15, 0.2) is 0 Å². The van der Waals surface area contributed by atoms with Gasteiger partial charge in [-0.2, -0.15) is 0 Å². The fourth-order valence-electron chi connectivity index (χ4n) is 1.81. The molecule has 0 aromatic rings. The summed E-state index contributed by atoms with van der Waals surface area (Å²) in [5.41, 5.74) is 15.5. The Morgan fingerprint density at radius 1 is 0.789 bits per heavy atom. The molecule has 0 unspecified atom stereocenters. The lowest BCUT2D eigenvalue weighted by atomic mass is 10.2. The van der Waals surface area contributed by atoms with Crippen molar-refractivity contribution < 1.29 is 28.8 Å². The molecule has 0 heterocycles. The highest BCUT2D eigenvalue weighted by atomic mass is 16.2. The topological polar surface area (TPSA) is 215 Å². The summed E-state index contributed by atoms with van der Waals surface area (Å²) in [5, 5.41) is 7.67. The molecule has 1 saturated carbocycles. The molecule has 224 valence electrons. The van der Waals surface area contributed by atoms with Crippen LogP contribution in [0, 0.1) is 0 Å². The Morgan fingerprint density at radius 3 is 1.61 bits per heavy atom. The zero-order chi connectivity index (χ0) is 30.4. The molecule has 0 saturated heterocycles. The predicted octanol–water partition coefficient (Wildman–Crippen LogP) is -0.182. The first-order valence-corrected chi connectivity index (χ1v) is 13.0. The maximum Gasteiger partial charge on any atom is 0.235 e. The van der Waals surface area contributed by atoms with Crippen molar-refractivity contribution in [2.45, 2.75) is 98.1 Å². The van der Waals surface area contributed by atoms with Crippen LogP contribution in [0.2, 0.25) is 0 Å². The van der Waals surface area contributed by atoms with E-state index < -0.39 is 0 Å². The van der Waals surface area contributed by atoms with E-state index in [0.717, 1.165) is 19.1 Å². The lowest BCUT2D eigenvalue weighted by molar-refractivity contribution is -0.124. The summed E-state index contributed by atoms with van der Waals surface area (Å²) in [6.45, 7) is 10.2. The van der Waals surface area contributed by atoms with Crippen LogP contribution < -0.4 is 38.3 Å². The standard InChI is InChI=1S/C8H13NO2.C6H15N3O.C5H9NO2.C4H10N2O.C2H6/c1-6(10)2-5-8(11)9-7-3-4-7;1-5(2)8-9-6(10)3-4-7;1-6-5(8)3-2-4-7;1-6-4(7)2-3-5;1-2/h7H,2-5H2,1H3,(H,9,11);5,8H,3-4,7H2,1-2H3,(H,9,10);4H,2-3H2,1H3,(H,6,8);2-3,5H2,1H3,(H,6,7);1-2H3. The van der Waals surface area contributed by atoms with Crippen LogP contribution in [0.1, 0.15) is 86.0 Å². The Hall–Kier alpha value is -2.90. The molecule has 13 heteroatoms. The number of nitrogens with two attached hydrogens (primary N) is 2. The van der Waals surface area contributed by atoms with Crippen LogP contribution >= 0.6 is 0 Å². The van der Waals surface area contributed by atoms with E-state index in [0.29, 0.717) is 57.7 Å². The summed E-state index contributed by atoms with van der Waals surface area (Å²) >= 11 is 0. The van der Waals surface area contributed by atoms with Crippen LogP contribution in [-0.2, 0) is 28.8 Å². The van der Waals surface area contributed by atoms with Gasteiger partial charge in [0.15, 0.2) is 0 Å². The highest BCUT2D eigenvalue weighted by Crippen LogP contribution is 2.18. The van der Waals surface area contributed by atoms with Crippen LogP contribution in [0.25, 0.3) is 0 Å². The Bertz CT molecular complexity index is 642.